The minimum atomic E-state index is -0.364. The average Bonchev–Trinajstić information content (AvgIpc) is 3.03. The highest BCUT2D eigenvalue weighted by Gasteiger charge is 2.26. The van der Waals surface area contributed by atoms with Gasteiger partial charge in [0.1, 0.15) is 5.75 Å². The van der Waals surface area contributed by atoms with Crippen molar-refractivity contribution >= 4 is 27.9 Å². The summed E-state index contributed by atoms with van der Waals surface area (Å²) in [6, 6.07) is 10.2. The number of ether oxygens (including phenoxy) is 1. The van der Waals surface area contributed by atoms with E-state index in [-0.39, 0.29) is 12.0 Å². The zero-order valence-electron chi connectivity index (χ0n) is 12.8. The number of fused-ring (bicyclic) bond motifs is 1. The summed E-state index contributed by atoms with van der Waals surface area (Å²) in [5, 5.41) is 6.26. The van der Waals surface area contributed by atoms with Gasteiger partial charge in [-0.3, -0.25) is 4.79 Å². The van der Waals surface area contributed by atoms with E-state index in [1.807, 2.05) is 18.2 Å². The summed E-state index contributed by atoms with van der Waals surface area (Å²) in [5.41, 5.74) is 1.92. The zero-order valence-corrected chi connectivity index (χ0v) is 13.7. The molecule has 4 nitrogen and oxygen atoms in total. The van der Waals surface area contributed by atoms with E-state index in [0.717, 1.165) is 36.4 Å². The fourth-order valence-electron chi connectivity index (χ4n) is 2.59. The Hall–Kier alpha value is -2.01. The number of benzene rings is 1. The van der Waals surface area contributed by atoms with E-state index >= 15 is 0 Å². The van der Waals surface area contributed by atoms with Crippen molar-refractivity contribution < 1.29 is 9.53 Å². The highest BCUT2D eigenvalue weighted by molar-refractivity contribution is 7.14. The number of rotatable bonds is 5. The van der Waals surface area contributed by atoms with Crippen molar-refractivity contribution in [3.05, 3.63) is 41.3 Å². The molecule has 0 saturated carbocycles. The summed E-state index contributed by atoms with van der Waals surface area (Å²) in [5.74, 6) is 0.721. The minimum Gasteiger partial charge on any atom is -0.478 e. The molecule has 22 heavy (non-hydrogen) atoms. The molecule has 0 bridgehead atoms. The molecule has 1 aliphatic rings. The molecule has 1 aromatic heterocycles. The Morgan fingerprint density at radius 3 is 2.95 bits per heavy atom. The number of anilines is 2. The van der Waals surface area contributed by atoms with Crippen LogP contribution >= 0.6 is 11.3 Å². The first-order valence-electron chi connectivity index (χ1n) is 7.52. The molecule has 0 radical (unpaired) electrons. The zero-order chi connectivity index (χ0) is 15.5. The molecule has 1 aromatic carbocycles. The number of thiophene rings is 1. The van der Waals surface area contributed by atoms with Gasteiger partial charge in [-0.2, -0.15) is 0 Å². The molecular weight excluding hydrogens is 296 g/mol. The van der Waals surface area contributed by atoms with Crippen molar-refractivity contribution in [3.63, 3.8) is 0 Å². The van der Waals surface area contributed by atoms with Gasteiger partial charge in [0.25, 0.3) is 5.91 Å². The highest BCUT2D eigenvalue weighted by atomic mass is 32.1. The number of carbonyl (C=O) groups is 1. The summed E-state index contributed by atoms with van der Waals surface area (Å²) < 4.78 is 5.79. The monoisotopic (exact) mass is 316 g/mol. The van der Waals surface area contributed by atoms with Crippen molar-refractivity contribution in [2.45, 2.75) is 32.4 Å². The van der Waals surface area contributed by atoms with Crippen molar-refractivity contribution in [2.24, 2.45) is 0 Å². The van der Waals surface area contributed by atoms with Gasteiger partial charge in [0, 0.05) is 13.6 Å². The van der Waals surface area contributed by atoms with E-state index < -0.39 is 0 Å². The number of hydrogen-bond acceptors (Lipinski definition) is 4. The van der Waals surface area contributed by atoms with Gasteiger partial charge in [0.15, 0.2) is 6.10 Å². The van der Waals surface area contributed by atoms with E-state index in [9.17, 15) is 4.79 Å². The third-order valence-electron chi connectivity index (χ3n) is 3.72. The van der Waals surface area contributed by atoms with Crippen molar-refractivity contribution in [2.75, 3.05) is 17.3 Å². The lowest BCUT2D eigenvalue weighted by Gasteiger charge is -2.26. The van der Waals surface area contributed by atoms with Crippen LogP contribution in [-0.2, 0) is 11.3 Å². The Morgan fingerprint density at radius 2 is 2.23 bits per heavy atom. The number of nitrogens with one attached hydrogen (secondary N) is 1. The number of nitrogens with zero attached hydrogens (tertiary/aromatic N) is 1. The lowest BCUT2D eigenvalue weighted by molar-refractivity contribution is -0.123. The molecular formula is C17H20N2O2S. The van der Waals surface area contributed by atoms with Crippen LogP contribution in [0.2, 0.25) is 0 Å². The van der Waals surface area contributed by atoms with Crippen LogP contribution in [0.15, 0.2) is 35.7 Å². The van der Waals surface area contributed by atoms with Gasteiger partial charge in [-0.15, -0.1) is 11.3 Å². The first-order valence-corrected chi connectivity index (χ1v) is 8.40. The first kappa shape index (κ1) is 14.9. The molecule has 2 aromatic rings. The second-order valence-electron chi connectivity index (χ2n) is 5.52. The third kappa shape index (κ3) is 3.09. The molecule has 5 heteroatoms. The SMILES string of the molecule is CCCC1Oc2ccc(CN(C)c3cccs3)cc2NC1=O. The van der Waals surface area contributed by atoms with E-state index in [1.165, 1.54) is 5.00 Å². The molecule has 1 atom stereocenters. The summed E-state index contributed by atoms with van der Waals surface area (Å²) in [6.07, 6.45) is 1.31. The van der Waals surface area contributed by atoms with E-state index in [1.54, 1.807) is 11.3 Å². The van der Waals surface area contributed by atoms with Gasteiger partial charge < -0.3 is 15.0 Å². The van der Waals surface area contributed by atoms with Gasteiger partial charge in [-0.05, 0) is 41.6 Å². The molecule has 1 aliphatic heterocycles. The lowest BCUT2D eigenvalue weighted by atomic mass is 10.1. The third-order valence-corrected chi connectivity index (χ3v) is 4.70. The maximum atomic E-state index is 12.0. The molecule has 1 unspecified atom stereocenters. The van der Waals surface area contributed by atoms with E-state index in [0.29, 0.717) is 0 Å². The Morgan fingerprint density at radius 1 is 1.36 bits per heavy atom. The van der Waals surface area contributed by atoms with Crippen LogP contribution in [0, 0.1) is 0 Å². The van der Waals surface area contributed by atoms with Crippen LogP contribution in [0.3, 0.4) is 0 Å². The molecule has 1 N–H and O–H groups in total. The van der Waals surface area contributed by atoms with Crippen LogP contribution in [0.4, 0.5) is 10.7 Å². The summed E-state index contributed by atoms with van der Waals surface area (Å²) >= 11 is 1.72. The van der Waals surface area contributed by atoms with Crippen molar-refractivity contribution in [1.82, 2.24) is 0 Å². The van der Waals surface area contributed by atoms with Crippen molar-refractivity contribution in [3.8, 4) is 5.75 Å². The molecule has 0 aliphatic carbocycles. The Labute approximate surface area is 134 Å². The molecule has 0 saturated heterocycles. The maximum Gasteiger partial charge on any atom is 0.265 e. The van der Waals surface area contributed by atoms with E-state index in [4.69, 9.17) is 4.74 Å². The van der Waals surface area contributed by atoms with E-state index in [2.05, 4.69) is 41.7 Å². The molecule has 0 spiro atoms. The van der Waals surface area contributed by atoms with Gasteiger partial charge in [-0.25, -0.2) is 0 Å². The molecule has 1 amide bonds. The van der Waals surface area contributed by atoms with Crippen LogP contribution in [-0.4, -0.2) is 19.1 Å². The normalized spacial score (nSPS) is 16.6. The lowest BCUT2D eigenvalue weighted by Crippen LogP contribution is -2.36. The summed E-state index contributed by atoms with van der Waals surface area (Å²) in [4.78, 5) is 14.2. The standard InChI is InChI=1S/C17H20N2O2S/c1-3-5-15-17(20)18-13-10-12(7-8-14(13)21-15)11-19(2)16-6-4-9-22-16/h4,6-10,15H,3,5,11H2,1-2H3,(H,18,20). The largest absolute Gasteiger partial charge is 0.478 e. The van der Waals surface area contributed by atoms with Crippen LogP contribution < -0.4 is 15.0 Å². The first-order chi connectivity index (χ1) is 10.7. The average molecular weight is 316 g/mol. The van der Waals surface area contributed by atoms with Crippen LogP contribution in [0.1, 0.15) is 25.3 Å². The summed E-state index contributed by atoms with van der Waals surface area (Å²) in [7, 11) is 2.07. The van der Waals surface area contributed by atoms with Crippen LogP contribution in [0.5, 0.6) is 5.75 Å². The van der Waals surface area contributed by atoms with Crippen molar-refractivity contribution in [1.29, 1.82) is 0 Å². The quantitative estimate of drug-likeness (QED) is 0.910. The second-order valence-corrected chi connectivity index (χ2v) is 6.45. The summed E-state index contributed by atoms with van der Waals surface area (Å²) in [6.45, 7) is 2.84. The fraction of sp³-hybridized carbons (Fsp3) is 0.353. The molecule has 3 rings (SSSR count). The number of amides is 1. The van der Waals surface area contributed by atoms with Crippen LogP contribution in [0.25, 0.3) is 0 Å². The topological polar surface area (TPSA) is 41.6 Å². The Kier molecular flexibility index (Phi) is 4.34. The fourth-order valence-corrected chi connectivity index (χ4v) is 3.29. The smallest absolute Gasteiger partial charge is 0.265 e. The maximum absolute atomic E-state index is 12.0. The molecule has 2 heterocycles. The predicted octanol–water partition coefficient (Wildman–Crippen LogP) is 3.88. The Bertz CT molecular complexity index is 655. The molecule has 0 fully saturated rings. The van der Waals surface area contributed by atoms with Gasteiger partial charge in [0.2, 0.25) is 0 Å². The second kappa shape index (κ2) is 6.40. The van der Waals surface area contributed by atoms with Gasteiger partial charge >= 0.3 is 0 Å². The predicted molar refractivity (Wildman–Crippen MR) is 90.8 cm³/mol. The van der Waals surface area contributed by atoms with Gasteiger partial charge in [-0.1, -0.05) is 19.4 Å². The van der Waals surface area contributed by atoms with Gasteiger partial charge in [0.05, 0.1) is 10.7 Å². The molecule has 116 valence electrons. The number of hydrogen-bond donors (Lipinski definition) is 1. The highest BCUT2D eigenvalue weighted by Crippen LogP contribution is 2.32. The Balaban J connectivity index is 1.74. The minimum absolute atomic E-state index is 0.0434. The number of carbonyl (C=O) groups excluding carboxylic acids is 1.